The molecule has 8 heteroatoms. The molecule has 0 saturated heterocycles. The Labute approximate surface area is 234 Å². The summed E-state index contributed by atoms with van der Waals surface area (Å²) in [6.07, 6.45) is 2.70. The number of nitrogens with one attached hydrogen (secondary N) is 2. The van der Waals surface area contributed by atoms with Crippen LogP contribution in [-0.4, -0.2) is 48.9 Å². The highest BCUT2D eigenvalue weighted by Gasteiger charge is 2.32. The van der Waals surface area contributed by atoms with Crippen molar-refractivity contribution in [2.45, 2.75) is 45.1 Å². The normalized spacial score (nSPS) is 17.2. The van der Waals surface area contributed by atoms with Crippen LogP contribution in [0.1, 0.15) is 54.5 Å². The number of carbonyl (C=O) groups is 3. The second-order valence-corrected chi connectivity index (χ2v) is 10.2. The lowest BCUT2D eigenvalue weighted by atomic mass is 9.87. The lowest BCUT2D eigenvalue weighted by Gasteiger charge is -2.38. The van der Waals surface area contributed by atoms with Gasteiger partial charge in [0.1, 0.15) is 17.2 Å². The molecule has 5 heterocycles. The van der Waals surface area contributed by atoms with Crippen LogP contribution in [0.3, 0.4) is 0 Å². The zero-order valence-electron chi connectivity index (χ0n) is 22.8. The second kappa shape index (κ2) is 12.7. The van der Waals surface area contributed by atoms with Crippen LogP contribution in [-0.2, 0) is 27.2 Å². The Balaban J connectivity index is 1.47. The van der Waals surface area contributed by atoms with Crippen LogP contribution in [0.25, 0.3) is 0 Å². The summed E-state index contributed by atoms with van der Waals surface area (Å²) in [5.74, 6) is 2.03. The van der Waals surface area contributed by atoms with Crippen LogP contribution >= 0.6 is 0 Å². The van der Waals surface area contributed by atoms with Crippen LogP contribution in [0.5, 0.6) is 17.2 Å². The van der Waals surface area contributed by atoms with Gasteiger partial charge >= 0.3 is 0 Å². The molecule has 3 aromatic rings. The number of carbonyl (C=O) groups excluding carboxylic acids is 3. The molecular weight excluding hydrogens is 506 g/mol. The van der Waals surface area contributed by atoms with E-state index in [9.17, 15) is 14.4 Å². The monoisotopic (exact) mass is 541 g/mol. The van der Waals surface area contributed by atoms with Crippen molar-refractivity contribution in [3.05, 3.63) is 89.0 Å². The van der Waals surface area contributed by atoms with Crippen molar-refractivity contribution < 1.29 is 23.9 Å². The topological polar surface area (TPSA) is 97.0 Å². The maximum atomic E-state index is 13.4. The predicted octanol–water partition coefficient (Wildman–Crippen LogP) is 4.31. The summed E-state index contributed by atoms with van der Waals surface area (Å²) >= 11 is 0. The number of benzene rings is 3. The average Bonchev–Trinajstić information content (AvgIpc) is 2.95. The van der Waals surface area contributed by atoms with Gasteiger partial charge < -0.3 is 25.0 Å². The molecule has 2 N–H and O–H groups in total. The molecule has 0 aliphatic carbocycles. The molecular formula is C32H35N3O5. The average molecular weight is 542 g/mol. The molecule has 0 saturated carbocycles. The molecule has 3 amide bonds. The van der Waals surface area contributed by atoms with Gasteiger partial charge in [0.05, 0.1) is 12.6 Å². The Kier molecular flexibility index (Phi) is 8.64. The number of aryl methyl sites for hydroxylation is 1. The first-order valence-electron chi connectivity index (χ1n) is 13.9. The van der Waals surface area contributed by atoms with Gasteiger partial charge in [-0.25, -0.2) is 0 Å². The van der Waals surface area contributed by atoms with Crippen LogP contribution < -0.4 is 20.1 Å². The van der Waals surface area contributed by atoms with E-state index in [-0.39, 0.29) is 30.2 Å². The molecule has 0 fully saturated rings. The van der Waals surface area contributed by atoms with E-state index in [4.69, 9.17) is 9.47 Å². The third-order valence-corrected chi connectivity index (χ3v) is 7.26. The number of rotatable bonds is 3. The first kappa shape index (κ1) is 27.2. The third-order valence-electron chi connectivity index (χ3n) is 7.26. The zero-order valence-corrected chi connectivity index (χ0v) is 22.8. The number of ether oxygens (including phenoxy) is 2. The van der Waals surface area contributed by atoms with E-state index in [0.717, 1.165) is 33.8 Å². The van der Waals surface area contributed by atoms with E-state index in [1.807, 2.05) is 65.6 Å². The minimum Gasteiger partial charge on any atom is -0.494 e. The third kappa shape index (κ3) is 6.81. The zero-order chi connectivity index (χ0) is 27.9. The molecule has 0 radical (unpaired) electrons. The summed E-state index contributed by atoms with van der Waals surface area (Å²) in [7, 11) is 0. The fraction of sp³-hybridized carbons (Fsp3) is 0.344. The van der Waals surface area contributed by atoms with E-state index < -0.39 is 0 Å². The molecule has 8 nitrogen and oxygen atoms in total. The van der Waals surface area contributed by atoms with Crippen LogP contribution in [0.4, 0.5) is 0 Å². The standard InChI is InChI=1S/C32H35N3O5/c1-22(36)33-17-14-31(38)35-18-15-24-20-28-11-12-29(24)32(35)25-4-2-5-27(21-25)39-19-3-16-34-30(37)13-8-23-6-9-26(40-28)10-7-23/h2,4-7,9-12,20-21,32H,3,8,13-19H2,1H3,(H,33,36)(H,34,37). The smallest absolute Gasteiger partial charge is 0.225 e. The van der Waals surface area contributed by atoms with Crippen LogP contribution in [0.15, 0.2) is 66.7 Å². The van der Waals surface area contributed by atoms with Gasteiger partial charge in [0.25, 0.3) is 0 Å². The SMILES string of the molecule is CC(=O)NCCC(=O)N1CCc2cc3ccc2C1c1cccc(c1)OCCCNC(=O)CCc1ccc(cc1)O3. The Morgan fingerprint density at radius 1 is 0.975 bits per heavy atom. The summed E-state index contributed by atoms with van der Waals surface area (Å²) in [5, 5.41) is 5.69. The summed E-state index contributed by atoms with van der Waals surface area (Å²) in [5.41, 5.74) is 4.21. The Bertz CT molecular complexity index is 1370. The van der Waals surface area contributed by atoms with Crippen molar-refractivity contribution in [2.75, 3.05) is 26.2 Å². The van der Waals surface area contributed by atoms with E-state index >= 15 is 0 Å². The molecule has 1 unspecified atom stereocenters. The molecule has 0 aromatic heterocycles. The van der Waals surface area contributed by atoms with E-state index in [0.29, 0.717) is 57.7 Å². The highest BCUT2D eigenvalue weighted by molar-refractivity contribution is 5.79. The van der Waals surface area contributed by atoms with E-state index in [1.54, 1.807) is 0 Å². The molecule has 208 valence electrons. The number of hydrogen-bond donors (Lipinski definition) is 2. The van der Waals surface area contributed by atoms with E-state index in [2.05, 4.69) is 16.7 Å². The number of nitrogens with zero attached hydrogens (tertiary/aromatic N) is 1. The van der Waals surface area contributed by atoms with E-state index in [1.165, 1.54) is 6.92 Å². The van der Waals surface area contributed by atoms with Gasteiger partial charge in [-0.1, -0.05) is 30.3 Å². The van der Waals surface area contributed by atoms with Crippen molar-refractivity contribution in [2.24, 2.45) is 0 Å². The lowest BCUT2D eigenvalue weighted by Crippen LogP contribution is -2.41. The second-order valence-electron chi connectivity index (χ2n) is 10.2. The molecule has 8 rings (SSSR count). The van der Waals surface area contributed by atoms with Crippen molar-refractivity contribution in [1.29, 1.82) is 0 Å². The molecule has 8 bridgehead atoms. The maximum Gasteiger partial charge on any atom is 0.225 e. The summed E-state index contributed by atoms with van der Waals surface area (Å²) in [6.45, 7) is 3.31. The quantitative estimate of drug-likeness (QED) is 0.515. The van der Waals surface area contributed by atoms with Crippen molar-refractivity contribution in [3.8, 4) is 17.2 Å². The molecule has 5 aliphatic heterocycles. The van der Waals surface area contributed by atoms with Gasteiger partial charge in [-0.05, 0) is 77.9 Å². The largest absolute Gasteiger partial charge is 0.494 e. The number of hydrogen-bond acceptors (Lipinski definition) is 5. The number of amides is 3. The van der Waals surface area contributed by atoms with Crippen molar-refractivity contribution in [3.63, 3.8) is 0 Å². The molecule has 1 atom stereocenters. The van der Waals surface area contributed by atoms with Gasteiger partial charge in [0, 0.05) is 39.4 Å². The van der Waals surface area contributed by atoms with Gasteiger partial charge in [-0.3, -0.25) is 14.4 Å². The van der Waals surface area contributed by atoms with Gasteiger partial charge in [0.15, 0.2) is 0 Å². The first-order chi connectivity index (χ1) is 19.5. The summed E-state index contributed by atoms with van der Waals surface area (Å²) in [4.78, 5) is 38.9. The van der Waals surface area contributed by atoms with Crippen molar-refractivity contribution >= 4 is 17.7 Å². The van der Waals surface area contributed by atoms with Crippen LogP contribution in [0.2, 0.25) is 0 Å². The fourth-order valence-electron chi connectivity index (χ4n) is 5.25. The minimum atomic E-state index is -0.293. The van der Waals surface area contributed by atoms with Gasteiger partial charge in [-0.15, -0.1) is 0 Å². The maximum absolute atomic E-state index is 13.4. The summed E-state index contributed by atoms with van der Waals surface area (Å²) < 4.78 is 12.2. The molecule has 5 aliphatic rings. The Morgan fingerprint density at radius 3 is 2.62 bits per heavy atom. The van der Waals surface area contributed by atoms with Gasteiger partial charge in [-0.2, -0.15) is 0 Å². The Morgan fingerprint density at radius 2 is 1.80 bits per heavy atom. The summed E-state index contributed by atoms with van der Waals surface area (Å²) in [6, 6.07) is 21.4. The molecule has 3 aromatic carbocycles. The minimum absolute atomic E-state index is 0.0163. The first-order valence-corrected chi connectivity index (χ1v) is 13.9. The van der Waals surface area contributed by atoms with Gasteiger partial charge in [0.2, 0.25) is 17.7 Å². The predicted molar refractivity (Wildman–Crippen MR) is 151 cm³/mol. The highest BCUT2D eigenvalue weighted by atomic mass is 16.5. The van der Waals surface area contributed by atoms with Crippen LogP contribution in [0, 0.1) is 0 Å². The molecule has 0 spiro atoms. The highest BCUT2D eigenvalue weighted by Crippen LogP contribution is 2.39. The fourth-order valence-corrected chi connectivity index (χ4v) is 5.25. The van der Waals surface area contributed by atoms with Crippen molar-refractivity contribution in [1.82, 2.24) is 15.5 Å². The lowest BCUT2D eigenvalue weighted by molar-refractivity contribution is -0.133. The Hall–Kier alpha value is -4.33. The molecule has 40 heavy (non-hydrogen) atoms.